The minimum atomic E-state index is -0.0657. The Morgan fingerprint density at radius 1 is 1.12 bits per heavy atom. The lowest BCUT2D eigenvalue weighted by molar-refractivity contribution is -0.113. The van der Waals surface area contributed by atoms with E-state index in [-0.39, 0.29) is 11.7 Å². The number of aromatic nitrogens is 3. The lowest BCUT2D eigenvalue weighted by Gasteiger charge is -2.07. The predicted molar refractivity (Wildman–Crippen MR) is 96.6 cm³/mol. The van der Waals surface area contributed by atoms with Crippen LogP contribution in [0.3, 0.4) is 0 Å². The van der Waals surface area contributed by atoms with E-state index in [2.05, 4.69) is 15.5 Å². The number of hydrogen-bond acceptors (Lipinski definition) is 4. The third kappa shape index (κ3) is 4.02. The molecule has 5 nitrogen and oxygen atoms in total. The second-order valence-corrected chi connectivity index (χ2v) is 6.47. The Morgan fingerprint density at radius 3 is 2.67 bits per heavy atom. The average Bonchev–Trinajstić information content (AvgIpc) is 3.02. The van der Waals surface area contributed by atoms with Gasteiger partial charge in [0.25, 0.3) is 0 Å². The minimum Gasteiger partial charge on any atom is -0.325 e. The Labute approximate surface area is 145 Å². The third-order valence-corrected chi connectivity index (χ3v) is 4.41. The van der Waals surface area contributed by atoms with Gasteiger partial charge in [-0.15, -0.1) is 10.2 Å². The normalized spacial score (nSPS) is 10.6. The van der Waals surface area contributed by atoms with Crippen molar-refractivity contribution in [2.24, 2.45) is 0 Å². The zero-order chi connectivity index (χ0) is 16.9. The maximum Gasteiger partial charge on any atom is 0.234 e. The molecule has 0 saturated carbocycles. The SMILES string of the molecule is Cc1ccc(-n2cnnc2SCC(=O)Nc2cccc(C)c2)cc1. The molecule has 0 bridgehead atoms. The van der Waals surface area contributed by atoms with Gasteiger partial charge in [-0.3, -0.25) is 9.36 Å². The van der Waals surface area contributed by atoms with Gasteiger partial charge in [0, 0.05) is 11.4 Å². The second kappa shape index (κ2) is 7.31. The summed E-state index contributed by atoms with van der Waals surface area (Å²) in [5, 5.41) is 11.6. The van der Waals surface area contributed by atoms with Gasteiger partial charge in [-0.05, 0) is 43.7 Å². The molecule has 1 N–H and O–H groups in total. The summed E-state index contributed by atoms with van der Waals surface area (Å²) in [6.45, 7) is 4.04. The molecule has 1 heterocycles. The van der Waals surface area contributed by atoms with Gasteiger partial charge < -0.3 is 5.32 Å². The largest absolute Gasteiger partial charge is 0.325 e. The number of rotatable bonds is 5. The highest BCUT2D eigenvalue weighted by Gasteiger charge is 2.10. The van der Waals surface area contributed by atoms with E-state index in [9.17, 15) is 4.79 Å². The van der Waals surface area contributed by atoms with Crippen molar-refractivity contribution in [3.05, 3.63) is 66.0 Å². The number of nitrogens with zero attached hydrogens (tertiary/aromatic N) is 3. The summed E-state index contributed by atoms with van der Waals surface area (Å²) >= 11 is 1.36. The number of anilines is 1. The Kier molecular flexibility index (Phi) is 4.96. The average molecular weight is 338 g/mol. The van der Waals surface area contributed by atoms with Crippen LogP contribution in [-0.4, -0.2) is 26.4 Å². The molecule has 0 spiro atoms. The predicted octanol–water partition coefficient (Wildman–Crippen LogP) is 3.61. The van der Waals surface area contributed by atoms with E-state index >= 15 is 0 Å². The number of aryl methyl sites for hydroxylation is 2. The third-order valence-electron chi connectivity index (χ3n) is 3.46. The summed E-state index contributed by atoms with van der Waals surface area (Å²) < 4.78 is 1.88. The van der Waals surface area contributed by atoms with Gasteiger partial charge in [-0.25, -0.2) is 0 Å². The molecule has 24 heavy (non-hydrogen) atoms. The fourth-order valence-corrected chi connectivity index (χ4v) is 2.98. The number of carbonyl (C=O) groups is 1. The highest BCUT2D eigenvalue weighted by atomic mass is 32.2. The van der Waals surface area contributed by atoms with Crippen LogP contribution in [0.1, 0.15) is 11.1 Å². The van der Waals surface area contributed by atoms with Crippen molar-refractivity contribution in [3.8, 4) is 5.69 Å². The molecule has 122 valence electrons. The maximum absolute atomic E-state index is 12.1. The molecule has 0 atom stereocenters. The van der Waals surface area contributed by atoms with Gasteiger partial charge in [-0.1, -0.05) is 41.6 Å². The summed E-state index contributed by atoms with van der Waals surface area (Å²) in [4.78, 5) is 12.1. The highest BCUT2D eigenvalue weighted by molar-refractivity contribution is 7.99. The number of nitrogens with one attached hydrogen (secondary N) is 1. The van der Waals surface area contributed by atoms with Crippen LogP contribution in [0, 0.1) is 13.8 Å². The van der Waals surface area contributed by atoms with E-state index in [1.165, 1.54) is 17.3 Å². The number of benzene rings is 2. The summed E-state index contributed by atoms with van der Waals surface area (Å²) in [6.07, 6.45) is 1.66. The lowest BCUT2D eigenvalue weighted by Crippen LogP contribution is -2.14. The zero-order valence-corrected chi connectivity index (χ0v) is 14.4. The van der Waals surface area contributed by atoms with Crippen LogP contribution >= 0.6 is 11.8 Å². The van der Waals surface area contributed by atoms with Crippen molar-refractivity contribution in [2.75, 3.05) is 11.1 Å². The van der Waals surface area contributed by atoms with E-state index in [1.807, 2.05) is 66.9 Å². The Hall–Kier alpha value is -2.60. The van der Waals surface area contributed by atoms with Crippen molar-refractivity contribution >= 4 is 23.4 Å². The van der Waals surface area contributed by atoms with Crippen LogP contribution in [0.15, 0.2) is 60.0 Å². The first-order valence-electron chi connectivity index (χ1n) is 7.58. The summed E-state index contributed by atoms with van der Waals surface area (Å²) in [5.74, 6) is 0.211. The van der Waals surface area contributed by atoms with E-state index < -0.39 is 0 Å². The fourth-order valence-electron chi connectivity index (χ4n) is 2.26. The fraction of sp³-hybridized carbons (Fsp3) is 0.167. The van der Waals surface area contributed by atoms with Gasteiger partial charge in [-0.2, -0.15) is 0 Å². The lowest BCUT2D eigenvalue weighted by atomic mass is 10.2. The van der Waals surface area contributed by atoms with Gasteiger partial charge in [0.2, 0.25) is 5.91 Å². The van der Waals surface area contributed by atoms with E-state index in [0.29, 0.717) is 5.16 Å². The van der Waals surface area contributed by atoms with E-state index in [1.54, 1.807) is 6.33 Å². The molecule has 0 radical (unpaired) electrons. The van der Waals surface area contributed by atoms with Gasteiger partial charge in [0.05, 0.1) is 5.75 Å². The van der Waals surface area contributed by atoms with Crippen molar-refractivity contribution in [1.82, 2.24) is 14.8 Å². The van der Waals surface area contributed by atoms with Crippen LogP contribution < -0.4 is 5.32 Å². The molecule has 0 unspecified atom stereocenters. The summed E-state index contributed by atoms with van der Waals surface area (Å²) in [6, 6.07) is 15.8. The monoisotopic (exact) mass is 338 g/mol. The molecule has 1 aromatic heterocycles. The Balaban J connectivity index is 1.64. The molecule has 3 rings (SSSR count). The molecule has 0 saturated heterocycles. The number of hydrogen-bond donors (Lipinski definition) is 1. The molecule has 2 aromatic carbocycles. The first kappa shape index (κ1) is 16.3. The minimum absolute atomic E-state index is 0.0657. The quantitative estimate of drug-likeness (QED) is 0.722. The van der Waals surface area contributed by atoms with Crippen LogP contribution in [0.2, 0.25) is 0 Å². The van der Waals surface area contributed by atoms with Gasteiger partial charge in [0.1, 0.15) is 6.33 Å². The highest BCUT2D eigenvalue weighted by Crippen LogP contribution is 2.20. The van der Waals surface area contributed by atoms with Crippen molar-refractivity contribution in [2.45, 2.75) is 19.0 Å². The molecule has 0 aliphatic heterocycles. The molecule has 0 aliphatic carbocycles. The van der Waals surface area contributed by atoms with E-state index in [4.69, 9.17) is 0 Å². The van der Waals surface area contributed by atoms with Gasteiger partial charge >= 0.3 is 0 Å². The Morgan fingerprint density at radius 2 is 1.92 bits per heavy atom. The Bertz CT molecular complexity index is 842. The van der Waals surface area contributed by atoms with Crippen molar-refractivity contribution in [1.29, 1.82) is 0 Å². The van der Waals surface area contributed by atoms with Crippen LogP contribution in [0.5, 0.6) is 0 Å². The summed E-state index contributed by atoms with van der Waals surface area (Å²) in [7, 11) is 0. The molecular formula is C18H18N4OS. The number of thioether (sulfide) groups is 1. The molecule has 3 aromatic rings. The number of carbonyl (C=O) groups excluding carboxylic acids is 1. The van der Waals surface area contributed by atoms with Crippen molar-refractivity contribution in [3.63, 3.8) is 0 Å². The topological polar surface area (TPSA) is 59.8 Å². The van der Waals surface area contributed by atoms with Crippen LogP contribution in [-0.2, 0) is 4.79 Å². The van der Waals surface area contributed by atoms with E-state index in [0.717, 1.165) is 16.9 Å². The van der Waals surface area contributed by atoms with Gasteiger partial charge in [0.15, 0.2) is 5.16 Å². The molecule has 0 aliphatic rings. The zero-order valence-electron chi connectivity index (χ0n) is 13.6. The smallest absolute Gasteiger partial charge is 0.234 e. The van der Waals surface area contributed by atoms with Crippen molar-refractivity contribution < 1.29 is 4.79 Å². The summed E-state index contributed by atoms with van der Waals surface area (Å²) in [5.41, 5.74) is 4.09. The van der Waals surface area contributed by atoms with Crippen LogP contribution in [0.4, 0.5) is 5.69 Å². The second-order valence-electron chi connectivity index (χ2n) is 5.53. The molecular weight excluding hydrogens is 320 g/mol. The first-order valence-corrected chi connectivity index (χ1v) is 8.57. The molecule has 1 amide bonds. The first-order chi connectivity index (χ1) is 11.6. The number of amides is 1. The molecule has 0 fully saturated rings. The standard InChI is InChI=1S/C18H18N4OS/c1-13-6-8-16(9-7-13)22-12-19-21-18(22)24-11-17(23)20-15-5-3-4-14(2)10-15/h3-10,12H,11H2,1-2H3,(H,20,23). The van der Waals surface area contributed by atoms with Crippen LogP contribution in [0.25, 0.3) is 5.69 Å². The molecule has 6 heteroatoms. The maximum atomic E-state index is 12.1.